The number of pyridine rings is 1. The second-order valence-electron chi connectivity index (χ2n) is 6.87. The van der Waals surface area contributed by atoms with E-state index in [2.05, 4.69) is 29.2 Å². The summed E-state index contributed by atoms with van der Waals surface area (Å²) in [6.45, 7) is 7.62. The first-order chi connectivity index (χ1) is 13.0. The average molecular weight is 366 g/mol. The first-order valence-electron chi connectivity index (χ1n) is 9.12. The molecule has 0 saturated carbocycles. The van der Waals surface area contributed by atoms with Gasteiger partial charge in [0.25, 0.3) is 0 Å². The van der Waals surface area contributed by atoms with E-state index in [9.17, 15) is 9.90 Å². The fourth-order valence-electron chi connectivity index (χ4n) is 3.50. The summed E-state index contributed by atoms with van der Waals surface area (Å²) in [4.78, 5) is 15.8. The van der Waals surface area contributed by atoms with Crippen LogP contribution in [0.4, 0.5) is 5.82 Å². The molecule has 0 unspecified atom stereocenters. The minimum Gasteiger partial charge on any atom is -0.476 e. The van der Waals surface area contributed by atoms with Gasteiger partial charge in [-0.2, -0.15) is 10.2 Å². The summed E-state index contributed by atoms with van der Waals surface area (Å²) in [5.74, 6) is -0.180. The predicted octanol–water partition coefficient (Wildman–Crippen LogP) is 3.08. The third-order valence-corrected chi connectivity index (χ3v) is 4.71. The molecule has 1 aliphatic rings. The van der Waals surface area contributed by atoms with E-state index in [1.165, 1.54) is 0 Å². The van der Waals surface area contributed by atoms with Gasteiger partial charge in [0, 0.05) is 42.5 Å². The van der Waals surface area contributed by atoms with Gasteiger partial charge in [-0.05, 0) is 39.3 Å². The molecule has 0 amide bonds. The van der Waals surface area contributed by atoms with Crippen LogP contribution in [0.3, 0.4) is 0 Å². The molecular weight excluding hydrogens is 344 g/mol. The van der Waals surface area contributed by atoms with Crippen LogP contribution < -0.4 is 5.32 Å². The molecule has 8 heteroatoms. The number of aryl methyl sites for hydroxylation is 1. The Morgan fingerprint density at radius 3 is 2.78 bits per heavy atom. The van der Waals surface area contributed by atoms with Gasteiger partial charge in [0.2, 0.25) is 0 Å². The molecule has 3 aromatic rings. The number of hydrogen-bond donors (Lipinski definition) is 2. The standard InChI is InChI=1S/C19H22N6O2/c1-4-20-16-6-5-12(10-21-16)17-13-7-8-24-15(9-14(22-24)19(26)27)18(13)25(23-17)11(2)3/h5-6,9-11H,4,7-8H2,1-3H3,(H,20,21)(H,26,27). The highest BCUT2D eigenvalue weighted by Crippen LogP contribution is 2.37. The number of carboxylic acid groups (broad SMARTS) is 1. The van der Waals surface area contributed by atoms with Gasteiger partial charge < -0.3 is 10.4 Å². The van der Waals surface area contributed by atoms with Crippen LogP contribution >= 0.6 is 0 Å². The fourth-order valence-corrected chi connectivity index (χ4v) is 3.50. The van der Waals surface area contributed by atoms with Crippen LogP contribution in [0, 0.1) is 0 Å². The molecule has 0 radical (unpaired) electrons. The lowest BCUT2D eigenvalue weighted by Gasteiger charge is -2.18. The largest absolute Gasteiger partial charge is 0.476 e. The van der Waals surface area contributed by atoms with Crippen molar-refractivity contribution in [3.8, 4) is 22.6 Å². The van der Waals surface area contributed by atoms with Gasteiger partial charge in [-0.15, -0.1) is 0 Å². The van der Waals surface area contributed by atoms with Crippen molar-refractivity contribution in [2.24, 2.45) is 0 Å². The Balaban J connectivity index is 1.86. The van der Waals surface area contributed by atoms with Crippen LogP contribution in [0.15, 0.2) is 24.4 Å². The van der Waals surface area contributed by atoms with Crippen LogP contribution in [0.1, 0.15) is 42.9 Å². The summed E-state index contributed by atoms with van der Waals surface area (Å²) in [7, 11) is 0. The van der Waals surface area contributed by atoms with Crippen molar-refractivity contribution < 1.29 is 9.90 Å². The minimum absolute atomic E-state index is 0.0626. The Bertz CT molecular complexity index is 1000. The summed E-state index contributed by atoms with van der Waals surface area (Å²) in [5, 5.41) is 21.6. The Labute approximate surface area is 156 Å². The van der Waals surface area contributed by atoms with E-state index >= 15 is 0 Å². The maximum absolute atomic E-state index is 11.3. The van der Waals surface area contributed by atoms with Gasteiger partial charge in [-0.3, -0.25) is 9.36 Å². The Hall–Kier alpha value is -3.16. The molecule has 140 valence electrons. The minimum atomic E-state index is -1.02. The number of nitrogens with zero attached hydrogens (tertiary/aromatic N) is 5. The Morgan fingerprint density at radius 1 is 1.33 bits per heavy atom. The molecule has 3 aromatic heterocycles. The third-order valence-electron chi connectivity index (χ3n) is 4.71. The van der Waals surface area contributed by atoms with Crippen LogP contribution in [0.2, 0.25) is 0 Å². The zero-order chi connectivity index (χ0) is 19.1. The number of aromatic nitrogens is 5. The second kappa shape index (κ2) is 6.53. The van der Waals surface area contributed by atoms with E-state index < -0.39 is 5.97 Å². The maximum Gasteiger partial charge on any atom is 0.356 e. The SMILES string of the molecule is CCNc1ccc(-c2nn(C(C)C)c3c2CCn2nc(C(=O)O)cc2-3)cn1. The van der Waals surface area contributed by atoms with E-state index in [4.69, 9.17) is 5.10 Å². The second-order valence-corrected chi connectivity index (χ2v) is 6.87. The molecule has 1 aliphatic heterocycles. The monoisotopic (exact) mass is 366 g/mol. The molecular formula is C19H22N6O2. The molecule has 0 aromatic carbocycles. The predicted molar refractivity (Wildman–Crippen MR) is 102 cm³/mol. The van der Waals surface area contributed by atoms with E-state index in [0.29, 0.717) is 6.54 Å². The van der Waals surface area contributed by atoms with Gasteiger partial charge in [-0.1, -0.05) is 0 Å². The number of carbonyl (C=O) groups is 1. The number of hydrogen-bond acceptors (Lipinski definition) is 5. The summed E-state index contributed by atoms with van der Waals surface area (Å²) < 4.78 is 3.73. The topological polar surface area (TPSA) is 97.9 Å². The number of carboxylic acids is 1. The summed E-state index contributed by atoms with van der Waals surface area (Å²) in [6.07, 6.45) is 2.58. The summed E-state index contributed by atoms with van der Waals surface area (Å²) in [5.41, 5.74) is 4.79. The molecule has 4 rings (SSSR count). The highest BCUT2D eigenvalue weighted by molar-refractivity contribution is 5.87. The molecule has 8 nitrogen and oxygen atoms in total. The first kappa shape index (κ1) is 17.3. The van der Waals surface area contributed by atoms with Crippen molar-refractivity contribution in [3.05, 3.63) is 35.7 Å². The van der Waals surface area contributed by atoms with Crippen molar-refractivity contribution in [2.75, 3.05) is 11.9 Å². The van der Waals surface area contributed by atoms with Crippen molar-refractivity contribution in [3.63, 3.8) is 0 Å². The average Bonchev–Trinajstić information content (AvgIpc) is 3.24. The van der Waals surface area contributed by atoms with Gasteiger partial charge in [0.15, 0.2) is 5.69 Å². The van der Waals surface area contributed by atoms with Crippen molar-refractivity contribution in [1.82, 2.24) is 24.5 Å². The quantitative estimate of drug-likeness (QED) is 0.720. The lowest BCUT2D eigenvalue weighted by Crippen LogP contribution is -2.15. The molecule has 4 heterocycles. The van der Waals surface area contributed by atoms with E-state index in [1.54, 1.807) is 10.7 Å². The van der Waals surface area contributed by atoms with Crippen molar-refractivity contribution >= 4 is 11.8 Å². The molecule has 0 fully saturated rings. The summed E-state index contributed by atoms with van der Waals surface area (Å²) >= 11 is 0. The van der Waals surface area contributed by atoms with Crippen molar-refractivity contribution in [1.29, 1.82) is 0 Å². The lowest BCUT2D eigenvalue weighted by atomic mass is 10.00. The number of rotatable bonds is 5. The third kappa shape index (κ3) is 2.87. The molecule has 0 bridgehead atoms. The van der Waals surface area contributed by atoms with E-state index in [0.717, 1.165) is 47.0 Å². The number of anilines is 1. The highest BCUT2D eigenvalue weighted by Gasteiger charge is 2.29. The summed E-state index contributed by atoms with van der Waals surface area (Å²) in [6, 6.07) is 5.75. The first-order valence-corrected chi connectivity index (χ1v) is 9.12. The van der Waals surface area contributed by atoms with Crippen LogP contribution in [-0.4, -0.2) is 42.2 Å². The lowest BCUT2D eigenvalue weighted by molar-refractivity contribution is 0.0689. The molecule has 0 aliphatic carbocycles. The Kier molecular flexibility index (Phi) is 4.18. The van der Waals surface area contributed by atoms with Crippen LogP contribution in [-0.2, 0) is 13.0 Å². The maximum atomic E-state index is 11.3. The van der Waals surface area contributed by atoms with Crippen molar-refractivity contribution in [2.45, 2.75) is 39.8 Å². The highest BCUT2D eigenvalue weighted by atomic mass is 16.4. The van der Waals surface area contributed by atoms with E-state index in [1.807, 2.05) is 29.9 Å². The number of aromatic carboxylic acids is 1. The molecule has 0 saturated heterocycles. The normalized spacial score (nSPS) is 12.7. The Morgan fingerprint density at radius 2 is 2.15 bits per heavy atom. The van der Waals surface area contributed by atoms with Crippen LogP contribution in [0.25, 0.3) is 22.6 Å². The molecule has 0 atom stereocenters. The van der Waals surface area contributed by atoms with Gasteiger partial charge >= 0.3 is 5.97 Å². The van der Waals surface area contributed by atoms with E-state index in [-0.39, 0.29) is 11.7 Å². The molecule has 2 N–H and O–H groups in total. The number of nitrogens with one attached hydrogen (secondary N) is 1. The number of fused-ring (bicyclic) bond motifs is 3. The van der Waals surface area contributed by atoms with Crippen LogP contribution in [0.5, 0.6) is 0 Å². The van der Waals surface area contributed by atoms with Gasteiger partial charge in [-0.25, -0.2) is 9.78 Å². The van der Waals surface area contributed by atoms with Gasteiger partial charge in [0.05, 0.1) is 17.1 Å². The smallest absolute Gasteiger partial charge is 0.356 e. The zero-order valence-electron chi connectivity index (χ0n) is 15.6. The molecule has 27 heavy (non-hydrogen) atoms. The zero-order valence-corrected chi connectivity index (χ0v) is 15.6. The van der Waals surface area contributed by atoms with Gasteiger partial charge in [0.1, 0.15) is 5.82 Å². The molecule has 0 spiro atoms. The fraction of sp³-hybridized carbons (Fsp3) is 0.368.